The maximum absolute atomic E-state index is 6.54. The minimum absolute atomic E-state index is 0.0554. The average Bonchev–Trinajstić information content (AvgIpc) is 3.98. The summed E-state index contributed by atoms with van der Waals surface area (Å²) in [7, 11) is 13.1. The Morgan fingerprint density at radius 3 is 1.16 bits per heavy atom. The molecule has 0 heterocycles. The van der Waals surface area contributed by atoms with E-state index in [-0.39, 0.29) is 10.8 Å². The van der Waals surface area contributed by atoms with Crippen LogP contribution in [-0.4, -0.2) is 3.21 Å². The van der Waals surface area contributed by atoms with Gasteiger partial charge in [0.1, 0.15) is 0 Å². The van der Waals surface area contributed by atoms with E-state index in [0.29, 0.717) is 0 Å². The molecular weight excluding hydrogens is 871 g/mol. The van der Waals surface area contributed by atoms with Crippen LogP contribution in [0.2, 0.25) is 0 Å². The zero-order valence-corrected chi connectivity index (χ0v) is 40.4. The van der Waals surface area contributed by atoms with Gasteiger partial charge in [0, 0.05) is 0 Å². The minimum atomic E-state index is -2.64. The molecule has 0 saturated heterocycles. The second-order valence-electron chi connectivity index (χ2n) is 18.1. The summed E-state index contributed by atoms with van der Waals surface area (Å²) < 4.78 is 1.14. The quantitative estimate of drug-likeness (QED) is 0.154. The SMILES string of the molecule is CC(C)(C)c1cc2c(cc1-c1ccccc1)[cH-]c1cc(-c3ccccc3)c(C(C)(C)C)cc12.[Cl][Zr]([Cl])=[C](c1ccc2ccccc2c1)c1ccc2ccccc2c1.c1cc[cH-]c1. The molecule has 0 aliphatic heterocycles. The first-order valence-corrected chi connectivity index (χ1v) is 28.9. The molecule has 0 aromatic heterocycles. The van der Waals surface area contributed by atoms with Crippen molar-refractivity contribution in [1.29, 1.82) is 0 Å². The second-order valence-corrected chi connectivity index (χ2v) is 26.2. The van der Waals surface area contributed by atoms with Gasteiger partial charge in [-0.2, -0.15) is 18.2 Å². The van der Waals surface area contributed by atoms with Crippen LogP contribution in [0.3, 0.4) is 0 Å². The van der Waals surface area contributed by atoms with Crippen molar-refractivity contribution in [3.63, 3.8) is 0 Å². The monoisotopic (exact) mass is 920 g/mol. The molecule has 0 nitrogen and oxygen atoms in total. The molecule has 0 amide bonds. The first-order valence-electron chi connectivity index (χ1n) is 21.4. The van der Waals surface area contributed by atoms with E-state index >= 15 is 0 Å². The van der Waals surface area contributed by atoms with Crippen LogP contribution in [0, 0.1) is 0 Å². The fourth-order valence-corrected chi connectivity index (χ4v) is 12.9. The van der Waals surface area contributed by atoms with Crippen LogP contribution in [-0.2, 0) is 29.7 Å². The molecule has 308 valence electrons. The molecule has 10 aromatic carbocycles. The Hall–Kier alpha value is -5.17. The van der Waals surface area contributed by atoms with Gasteiger partial charge in [0.15, 0.2) is 0 Å². The summed E-state index contributed by atoms with van der Waals surface area (Å²) in [6.07, 6.45) is 0. The van der Waals surface area contributed by atoms with Crippen molar-refractivity contribution in [3.05, 3.63) is 229 Å². The molecule has 0 aliphatic carbocycles. The largest absolute Gasteiger partial charge is 0.214 e. The van der Waals surface area contributed by atoms with Crippen molar-refractivity contribution in [1.82, 2.24) is 0 Å². The zero-order valence-electron chi connectivity index (χ0n) is 36.4. The molecule has 10 aromatic rings. The third kappa shape index (κ3) is 9.72. The van der Waals surface area contributed by atoms with E-state index in [1.807, 2.05) is 30.3 Å². The second kappa shape index (κ2) is 18.7. The van der Waals surface area contributed by atoms with Crippen molar-refractivity contribution in [2.45, 2.75) is 52.4 Å². The first-order chi connectivity index (χ1) is 29.8. The van der Waals surface area contributed by atoms with Crippen molar-refractivity contribution in [2.75, 3.05) is 0 Å². The van der Waals surface area contributed by atoms with Crippen LogP contribution in [0.4, 0.5) is 0 Å². The molecule has 62 heavy (non-hydrogen) atoms. The molecule has 0 bridgehead atoms. The van der Waals surface area contributed by atoms with Crippen molar-refractivity contribution >= 4 is 63.3 Å². The molecule has 0 aliphatic rings. The molecule has 0 fully saturated rings. The minimum Gasteiger partial charge on any atom is -0.214 e. The van der Waals surface area contributed by atoms with Crippen molar-refractivity contribution < 1.29 is 18.9 Å². The Bertz CT molecular complexity index is 2920. The van der Waals surface area contributed by atoms with Crippen molar-refractivity contribution in [2.24, 2.45) is 0 Å². The number of halogens is 2. The maximum atomic E-state index is 6.54. The Kier molecular flexibility index (Phi) is 13.1. The van der Waals surface area contributed by atoms with Gasteiger partial charge in [0.05, 0.1) is 0 Å². The molecule has 0 saturated carbocycles. The van der Waals surface area contributed by atoms with Gasteiger partial charge in [-0.1, -0.05) is 114 Å². The smallest absolute Gasteiger partial charge is 0.172 e. The summed E-state index contributed by atoms with van der Waals surface area (Å²) in [6, 6.07) is 73.4. The van der Waals surface area contributed by atoms with Gasteiger partial charge in [0.25, 0.3) is 0 Å². The summed E-state index contributed by atoms with van der Waals surface area (Å²) >= 11 is -2.64. The fraction of sp³-hybridized carbons (Fsp3) is 0.136. The van der Waals surface area contributed by atoms with Gasteiger partial charge in [-0.05, 0) is 44.2 Å². The number of hydrogen-bond donors (Lipinski definition) is 0. The maximum Gasteiger partial charge on any atom is -0.172 e. The van der Waals surface area contributed by atoms with Crippen molar-refractivity contribution in [3.8, 4) is 22.3 Å². The summed E-state index contributed by atoms with van der Waals surface area (Å²) in [4.78, 5) is 0. The van der Waals surface area contributed by atoms with Crippen LogP contribution in [0.25, 0.3) is 65.3 Å². The molecular formula is C59H52Cl2Zr-2. The summed E-state index contributed by atoms with van der Waals surface area (Å²) in [5.41, 5.74) is 10.4. The Morgan fingerprint density at radius 2 is 0.806 bits per heavy atom. The van der Waals surface area contributed by atoms with Crippen LogP contribution in [0.15, 0.2) is 206 Å². The first kappa shape index (κ1) is 43.5. The van der Waals surface area contributed by atoms with E-state index in [9.17, 15) is 0 Å². The normalized spacial score (nSPS) is 11.5. The standard InChI is InChI=1S/C33H33.C21H14.C5H5.2ClH.Zr/c1-32(2,3)30-20-26-24(18-28(30)22-13-9-7-10-14-22)17-25-19-29(23-15-11-8-12-16-23)31(21-27(25)26)33(4,5)6;1-3-7-20-14-16(9-11-18(20)5-1)13-17-10-12-19-6-2-4-8-21(19)15-17;1-2-4-5-3-1;;;/h7-21H,1-6H3;1-12,14-15H;1-5H;2*1H;/q-1;;-1;;;+2/p-2. The van der Waals surface area contributed by atoms with Gasteiger partial charge in [-0.3, -0.25) is 0 Å². The number of rotatable bonds is 4. The van der Waals surface area contributed by atoms with E-state index < -0.39 is 18.9 Å². The van der Waals surface area contributed by atoms with Gasteiger partial charge < -0.3 is 0 Å². The molecule has 0 atom stereocenters. The van der Waals surface area contributed by atoms with Gasteiger partial charge in [0.2, 0.25) is 0 Å². The Morgan fingerprint density at radius 1 is 0.419 bits per heavy atom. The van der Waals surface area contributed by atoms with E-state index in [2.05, 4.69) is 217 Å². The summed E-state index contributed by atoms with van der Waals surface area (Å²) in [6.45, 7) is 13.9. The zero-order chi connectivity index (χ0) is 43.4. The summed E-state index contributed by atoms with van der Waals surface area (Å²) in [5.74, 6) is 0. The van der Waals surface area contributed by atoms with Crippen LogP contribution in [0.5, 0.6) is 0 Å². The van der Waals surface area contributed by atoms with E-state index in [1.165, 1.54) is 76.5 Å². The summed E-state index contributed by atoms with van der Waals surface area (Å²) in [5, 5.41) is 10.3. The molecule has 0 unspecified atom stereocenters. The fourth-order valence-electron chi connectivity index (χ4n) is 8.46. The average molecular weight is 923 g/mol. The van der Waals surface area contributed by atoms with E-state index in [0.717, 1.165) is 14.3 Å². The Balaban J connectivity index is 0.000000159. The van der Waals surface area contributed by atoms with Crippen LogP contribution >= 0.6 is 17.0 Å². The number of benzene rings is 8. The van der Waals surface area contributed by atoms with Gasteiger partial charge >= 0.3 is 157 Å². The van der Waals surface area contributed by atoms with Gasteiger partial charge in [-0.25, -0.2) is 12.1 Å². The molecule has 10 rings (SSSR count). The molecule has 0 spiro atoms. The van der Waals surface area contributed by atoms with E-state index in [4.69, 9.17) is 17.0 Å². The topological polar surface area (TPSA) is 0 Å². The third-order valence-electron chi connectivity index (χ3n) is 11.6. The van der Waals surface area contributed by atoms with Crippen LogP contribution < -0.4 is 0 Å². The number of hydrogen-bond acceptors (Lipinski definition) is 0. The third-order valence-corrected chi connectivity index (χ3v) is 16.2. The number of fused-ring (bicyclic) bond motifs is 5. The predicted octanol–water partition coefficient (Wildman–Crippen LogP) is 17.5. The Labute approximate surface area is 382 Å². The molecule has 3 heteroatoms. The van der Waals surface area contributed by atoms with Gasteiger partial charge in [-0.15, -0.1) is 39.7 Å². The van der Waals surface area contributed by atoms with E-state index in [1.54, 1.807) is 0 Å². The van der Waals surface area contributed by atoms with Crippen LogP contribution in [0.1, 0.15) is 63.8 Å². The molecule has 0 N–H and O–H groups in total. The molecule has 0 radical (unpaired) electrons. The predicted molar refractivity (Wildman–Crippen MR) is 270 cm³/mol.